The molecule has 0 saturated heterocycles. The molecule has 0 unspecified atom stereocenters. The second kappa shape index (κ2) is 8.07. The van der Waals surface area contributed by atoms with Gasteiger partial charge in [-0.25, -0.2) is 4.98 Å². The minimum Gasteiger partial charge on any atom is -0.497 e. The van der Waals surface area contributed by atoms with E-state index in [2.05, 4.69) is 15.2 Å². The summed E-state index contributed by atoms with van der Waals surface area (Å²) in [5.41, 5.74) is 1.67. The van der Waals surface area contributed by atoms with Crippen molar-refractivity contribution in [2.75, 3.05) is 14.2 Å². The first-order valence-electron chi connectivity index (χ1n) is 8.35. The third-order valence-electron chi connectivity index (χ3n) is 3.85. The van der Waals surface area contributed by atoms with Crippen molar-refractivity contribution in [1.82, 2.24) is 15.2 Å². The molecule has 0 aliphatic carbocycles. The number of hydrogen-bond donors (Lipinski definition) is 0. The molecule has 0 N–H and O–H groups in total. The van der Waals surface area contributed by atoms with Crippen molar-refractivity contribution < 1.29 is 18.3 Å². The van der Waals surface area contributed by atoms with Crippen LogP contribution in [0.4, 0.5) is 0 Å². The molecule has 0 saturated carbocycles. The molecule has 144 valence electrons. The molecule has 0 aliphatic rings. The molecule has 0 aliphatic heterocycles. The highest BCUT2D eigenvalue weighted by atomic mass is 32.2. The summed E-state index contributed by atoms with van der Waals surface area (Å²) in [5.74, 6) is 4.00. The molecule has 0 radical (unpaired) electrons. The summed E-state index contributed by atoms with van der Waals surface area (Å²) in [6.45, 7) is 1.92. The van der Waals surface area contributed by atoms with Crippen LogP contribution < -0.4 is 9.47 Å². The number of furan rings is 1. The van der Waals surface area contributed by atoms with Crippen molar-refractivity contribution in [1.29, 1.82) is 0 Å². The van der Waals surface area contributed by atoms with E-state index < -0.39 is 0 Å². The van der Waals surface area contributed by atoms with Gasteiger partial charge in [0.1, 0.15) is 17.3 Å². The van der Waals surface area contributed by atoms with E-state index in [1.165, 1.54) is 11.8 Å². The zero-order chi connectivity index (χ0) is 19.5. The van der Waals surface area contributed by atoms with Crippen molar-refractivity contribution in [3.63, 3.8) is 0 Å². The monoisotopic (exact) mass is 415 g/mol. The highest BCUT2D eigenvalue weighted by Gasteiger charge is 2.14. The van der Waals surface area contributed by atoms with Crippen LogP contribution in [0, 0.1) is 6.92 Å². The van der Waals surface area contributed by atoms with Crippen molar-refractivity contribution in [2.24, 2.45) is 0 Å². The maximum atomic E-state index is 5.77. The zero-order valence-electron chi connectivity index (χ0n) is 15.5. The van der Waals surface area contributed by atoms with Crippen molar-refractivity contribution in [3.8, 4) is 33.7 Å². The molecule has 3 heterocycles. The van der Waals surface area contributed by atoms with Crippen LogP contribution in [0.25, 0.3) is 22.2 Å². The van der Waals surface area contributed by atoms with Crippen molar-refractivity contribution in [2.45, 2.75) is 17.9 Å². The summed E-state index contributed by atoms with van der Waals surface area (Å²) >= 11 is 2.98. The SMILES string of the molecule is COc1cc(OC)cc(-c2nnc(SCc3csc(-c4ccc(C)o4)n3)o2)c1. The Morgan fingerprint density at radius 1 is 1.04 bits per heavy atom. The highest BCUT2D eigenvalue weighted by Crippen LogP contribution is 2.32. The van der Waals surface area contributed by atoms with Crippen LogP contribution in [0.3, 0.4) is 0 Å². The van der Waals surface area contributed by atoms with E-state index in [1.807, 2.05) is 36.6 Å². The average molecular weight is 415 g/mol. The summed E-state index contributed by atoms with van der Waals surface area (Å²) in [6.07, 6.45) is 0. The van der Waals surface area contributed by atoms with Crippen LogP contribution in [0.5, 0.6) is 11.5 Å². The van der Waals surface area contributed by atoms with E-state index in [-0.39, 0.29) is 0 Å². The largest absolute Gasteiger partial charge is 0.497 e. The first-order chi connectivity index (χ1) is 13.6. The van der Waals surface area contributed by atoms with Crippen LogP contribution in [0.15, 0.2) is 49.8 Å². The Labute approximate surface area is 169 Å². The molecule has 0 atom stereocenters. The molecule has 4 rings (SSSR count). The van der Waals surface area contributed by atoms with E-state index in [1.54, 1.807) is 31.6 Å². The Balaban J connectivity index is 1.45. The Kier molecular flexibility index (Phi) is 5.36. The van der Waals surface area contributed by atoms with Crippen molar-refractivity contribution in [3.05, 3.63) is 47.2 Å². The fourth-order valence-electron chi connectivity index (χ4n) is 2.49. The zero-order valence-corrected chi connectivity index (χ0v) is 17.1. The van der Waals surface area contributed by atoms with Gasteiger partial charge in [-0.15, -0.1) is 21.5 Å². The molecule has 28 heavy (non-hydrogen) atoms. The summed E-state index contributed by atoms with van der Waals surface area (Å²) < 4.78 is 22.0. The fraction of sp³-hybridized carbons (Fsp3) is 0.211. The maximum Gasteiger partial charge on any atom is 0.277 e. The predicted octanol–water partition coefficient (Wildman–Crippen LogP) is 5.07. The van der Waals surface area contributed by atoms with Gasteiger partial charge in [-0.1, -0.05) is 11.8 Å². The normalized spacial score (nSPS) is 11.0. The van der Waals surface area contributed by atoms with Gasteiger partial charge in [-0.2, -0.15) is 0 Å². The second-order valence-corrected chi connectivity index (χ2v) is 7.60. The van der Waals surface area contributed by atoms with Crippen LogP contribution in [-0.2, 0) is 5.75 Å². The lowest BCUT2D eigenvalue weighted by molar-refractivity contribution is 0.394. The van der Waals surface area contributed by atoms with Gasteiger partial charge < -0.3 is 18.3 Å². The number of thioether (sulfide) groups is 1. The first kappa shape index (κ1) is 18.6. The number of aryl methyl sites for hydroxylation is 1. The number of methoxy groups -OCH3 is 2. The van der Waals surface area contributed by atoms with Gasteiger partial charge >= 0.3 is 0 Å². The van der Waals surface area contributed by atoms with Gasteiger partial charge in [0.15, 0.2) is 10.8 Å². The minimum atomic E-state index is 0.407. The number of nitrogens with zero attached hydrogens (tertiary/aromatic N) is 3. The number of ether oxygens (including phenoxy) is 2. The van der Waals surface area contributed by atoms with Gasteiger partial charge in [0.25, 0.3) is 5.22 Å². The average Bonchev–Trinajstić information content (AvgIpc) is 3.46. The van der Waals surface area contributed by atoms with E-state index >= 15 is 0 Å². The van der Waals surface area contributed by atoms with Gasteiger partial charge in [0.05, 0.1) is 19.9 Å². The molecule has 7 nitrogen and oxygen atoms in total. The minimum absolute atomic E-state index is 0.407. The second-order valence-electron chi connectivity index (χ2n) is 5.82. The van der Waals surface area contributed by atoms with E-state index in [0.717, 1.165) is 27.8 Å². The fourth-order valence-corrected chi connectivity index (χ4v) is 4.03. The molecule has 9 heteroatoms. The van der Waals surface area contributed by atoms with Crippen LogP contribution >= 0.6 is 23.1 Å². The lowest BCUT2D eigenvalue weighted by Gasteiger charge is -2.05. The quantitative estimate of drug-likeness (QED) is 0.387. The number of hydrogen-bond acceptors (Lipinski definition) is 9. The van der Waals surface area contributed by atoms with E-state index in [4.69, 9.17) is 18.3 Å². The molecular formula is C19H17N3O4S2. The molecule has 0 amide bonds. The maximum absolute atomic E-state index is 5.77. The lowest BCUT2D eigenvalue weighted by Crippen LogP contribution is -1.88. The number of rotatable bonds is 7. The Morgan fingerprint density at radius 3 is 2.50 bits per heavy atom. The topological polar surface area (TPSA) is 83.4 Å². The molecule has 3 aromatic heterocycles. The standard InChI is InChI=1S/C19H17N3O4S2/c1-11-4-5-16(25-11)18-20-13(9-27-18)10-28-19-22-21-17(26-19)12-6-14(23-2)8-15(7-12)24-3/h4-9H,10H2,1-3H3. The first-order valence-corrected chi connectivity index (χ1v) is 10.2. The summed E-state index contributed by atoms with van der Waals surface area (Å²) in [7, 11) is 3.19. The predicted molar refractivity (Wildman–Crippen MR) is 107 cm³/mol. The Hall–Kier alpha value is -2.78. The van der Waals surface area contributed by atoms with Gasteiger partial charge in [0.2, 0.25) is 5.89 Å². The Morgan fingerprint density at radius 2 is 1.82 bits per heavy atom. The third-order valence-corrected chi connectivity index (χ3v) is 5.61. The lowest BCUT2D eigenvalue weighted by atomic mass is 10.2. The van der Waals surface area contributed by atoms with Crippen LogP contribution in [0.1, 0.15) is 11.5 Å². The number of benzene rings is 1. The van der Waals surface area contributed by atoms with E-state index in [0.29, 0.717) is 28.4 Å². The van der Waals surface area contributed by atoms with Gasteiger partial charge in [-0.05, 0) is 31.2 Å². The molecular weight excluding hydrogens is 398 g/mol. The van der Waals surface area contributed by atoms with Crippen LogP contribution in [0.2, 0.25) is 0 Å². The molecule has 0 fully saturated rings. The van der Waals surface area contributed by atoms with E-state index in [9.17, 15) is 0 Å². The van der Waals surface area contributed by atoms with Crippen molar-refractivity contribution >= 4 is 23.1 Å². The Bertz CT molecular complexity index is 1060. The van der Waals surface area contributed by atoms with Crippen LogP contribution in [-0.4, -0.2) is 29.4 Å². The summed E-state index contributed by atoms with van der Waals surface area (Å²) in [5, 5.41) is 11.6. The van der Waals surface area contributed by atoms with Gasteiger partial charge in [-0.3, -0.25) is 0 Å². The molecule has 0 spiro atoms. The molecule has 1 aromatic carbocycles. The number of aromatic nitrogens is 3. The highest BCUT2D eigenvalue weighted by molar-refractivity contribution is 7.98. The molecule has 0 bridgehead atoms. The molecule has 4 aromatic rings. The third kappa shape index (κ3) is 4.05. The van der Waals surface area contributed by atoms with Gasteiger partial charge in [0, 0.05) is 22.8 Å². The number of thiazole rings is 1. The summed E-state index contributed by atoms with van der Waals surface area (Å²) in [4.78, 5) is 4.60. The smallest absolute Gasteiger partial charge is 0.277 e. The summed E-state index contributed by atoms with van der Waals surface area (Å²) in [6, 6.07) is 9.29.